The van der Waals surface area contributed by atoms with Gasteiger partial charge in [-0.15, -0.1) is 0 Å². The van der Waals surface area contributed by atoms with Crippen molar-refractivity contribution in [3.8, 4) is 113 Å². The van der Waals surface area contributed by atoms with Crippen LogP contribution in [0.2, 0.25) is 0 Å². The molecule has 550 valence electrons. The van der Waals surface area contributed by atoms with E-state index in [0.717, 1.165) is 122 Å². The molecule has 0 N–H and O–H groups in total. The molecule has 23 aromatic rings. The van der Waals surface area contributed by atoms with Crippen molar-refractivity contribution in [2.75, 3.05) is 0 Å². The van der Waals surface area contributed by atoms with Crippen molar-refractivity contribution in [2.24, 2.45) is 0 Å². The molecule has 0 fully saturated rings. The second-order valence-corrected chi connectivity index (χ2v) is 29.5. The summed E-state index contributed by atoms with van der Waals surface area (Å²) in [6.07, 6.45) is 0. The van der Waals surface area contributed by atoms with Gasteiger partial charge >= 0.3 is 0 Å². The third kappa shape index (κ3) is 12.1. The molecule has 117 heavy (non-hydrogen) atoms. The Bertz CT molecular complexity index is 7650. The summed E-state index contributed by atoms with van der Waals surface area (Å²) in [7, 11) is 0. The second-order valence-electron chi connectivity index (χ2n) is 29.5. The molecular weight excluding hydrogens is 1420 g/mol. The fraction of sp³-hybridized carbons (Fsp3) is 0.00926. The van der Waals surface area contributed by atoms with Crippen LogP contribution in [-0.2, 0) is 0 Å². The lowest BCUT2D eigenvalue weighted by Gasteiger charge is -2.15. The van der Waals surface area contributed by atoms with Gasteiger partial charge in [0.05, 0.1) is 55.3 Å². The SMILES string of the molecule is C.c1ccc(-c2ccc(-c3nc(-c4ccccc4)nc(-n4c5ccccc5c5c4ccc4c6ccccc6n(-c6cc(-c7ccccc7)cc(-c7ccccc7)c6)c45)n3)cc2)cc1.c1ccc(-c2cccc(-n3c4ccccc4c4ccc5c(c6ccccc6n5-c5ccc(-c6nc(-c7ccccc7)c7ccccc7n6)cc5)c43)c2)cc1. The van der Waals surface area contributed by atoms with Crippen LogP contribution in [0.4, 0.5) is 0 Å². The van der Waals surface area contributed by atoms with Crippen molar-refractivity contribution < 1.29 is 0 Å². The van der Waals surface area contributed by atoms with Crippen LogP contribution in [0.25, 0.3) is 211 Å². The Morgan fingerprint density at radius 1 is 0.171 bits per heavy atom. The first-order chi connectivity index (χ1) is 57.5. The zero-order chi connectivity index (χ0) is 76.6. The van der Waals surface area contributed by atoms with Gasteiger partial charge in [0.25, 0.3) is 0 Å². The van der Waals surface area contributed by atoms with Crippen LogP contribution in [0.3, 0.4) is 0 Å². The summed E-state index contributed by atoms with van der Waals surface area (Å²) in [6.45, 7) is 0. The summed E-state index contributed by atoms with van der Waals surface area (Å²) in [4.78, 5) is 25.8. The van der Waals surface area contributed by atoms with Crippen molar-refractivity contribution in [3.63, 3.8) is 0 Å². The number of aromatic nitrogens is 9. The minimum atomic E-state index is 0. The Labute approximate surface area is 675 Å². The highest BCUT2D eigenvalue weighted by Crippen LogP contribution is 2.46. The first kappa shape index (κ1) is 69.3. The predicted molar refractivity (Wildman–Crippen MR) is 487 cm³/mol. The van der Waals surface area contributed by atoms with Crippen LogP contribution in [-0.4, -0.2) is 43.2 Å². The lowest BCUT2D eigenvalue weighted by atomic mass is 9.98. The van der Waals surface area contributed by atoms with E-state index < -0.39 is 0 Å². The molecule has 0 aliphatic carbocycles. The van der Waals surface area contributed by atoms with Crippen LogP contribution in [0, 0.1) is 0 Å². The van der Waals surface area contributed by atoms with Crippen LogP contribution in [0.5, 0.6) is 0 Å². The van der Waals surface area contributed by atoms with Crippen molar-refractivity contribution in [2.45, 2.75) is 7.43 Å². The zero-order valence-corrected chi connectivity index (χ0v) is 62.9. The third-order valence-electron chi connectivity index (χ3n) is 22.7. The molecule has 9 heteroatoms. The van der Waals surface area contributed by atoms with E-state index in [1.165, 1.54) is 65.6 Å². The van der Waals surface area contributed by atoms with Crippen molar-refractivity contribution >= 4 is 98.1 Å². The van der Waals surface area contributed by atoms with E-state index in [9.17, 15) is 0 Å². The van der Waals surface area contributed by atoms with Gasteiger partial charge in [0, 0.05) is 87.8 Å². The molecule has 0 atom stereocenters. The monoisotopic (exact) mass is 1500 g/mol. The second kappa shape index (κ2) is 29.1. The Hall–Kier alpha value is -15.7. The Morgan fingerprint density at radius 3 is 1.04 bits per heavy atom. The van der Waals surface area contributed by atoms with Gasteiger partial charge < -0.3 is 13.7 Å². The van der Waals surface area contributed by atoms with E-state index in [1.807, 2.05) is 42.5 Å². The maximum atomic E-state index is 5.30. The summed E-state index contributed by atoms with van der Waals surface area (Å²) < 4.78 is 9.54. The van der Waals surface area contributed by atoms with Gasteiger partial charge in [-0.25, -0.2) is 15.0 Å². The highest BCUT2D eigenvalue weighted by Gasteiger charge is 2.26. The molecule has 0 saturated carbocycles. The molecule has 9 nitrogen and oxygen atoms in total. The number of fused-ring (bicyclic) bond motifs is 15. The molecule has 0 bridgehead atoms. The first-order valence-corrected chi connectivity index (χ1v) is 39.3. The number of para-hydroxylation sites is 5. The van der Waals surface area contributed by atoms with E-state index in [-0.39, 0.29) is 7.43 Å². The van der Waals surface area contributed by atoms with Crippen molar-refractivity contribution in [1.82, 2.24) is 43.2 Å². The zero-order valence-electron chi connectivity index (χ0n) is 62.9. The molecule has 6 aromatic heterocycles. The average molecular weight is 1500 g/mol. The minimum Gasteiger partial charge on any atom is -0.309 e. The topological polar surface area (TPSA) is 84.2 Å². The van der Waals surface area contributed by atoms with E-state index in [2.05, 4.69) is 394 Å². The van der Waals surface area contributed by atoms with E-state index in [1.54, 1.807) is 0 Å². The quantitative estimate of drug-likeness (QED) is 0.122. The minimum absolute atomic E-state index is 0. The fourth-order valence-corrected chi connectivity index (χ4v) is 17.4. The normalized spacial score (nSPS) is 11.5. The maximum absolute atomic E-state index is 5.30. The lowest BCUT2D eigenvalue weighted by Crippen LogP contribution is -2.06. The molecule has 6 heterocycles. The smallest absolute Gasteiger partial charge is 0.238 e. The van der Waals surface area contributed by atoms with Crippen LogP contribution in [0.15, 0.2) is 419 Å². The van der Waals surface area contributed by atoms with E-state index in [4.69, 9.17) is 24.9 Å². The highest BCUT2D eigenvalue weighted by molar-refractivity contribution is 6.28. The van der Waals surface area contributed by atoms with Gasteiger partial charge in [-0.3, -0.25) is 4.57 Å². The molecule has 0 aliphatic heterocycles. The van der Waals surface area contributed by atoms with Gasteiger partial charge in [0.15, 0.2) is 17.5 Å². The summed E-state index contributed by atoms with van der Waals surface area (Å²) in [6, 6.07) is 148. The van der Waals surface area contributed by atoms with Gasteiger partial charge in [-0.05, 0) is 142 Å². The molecule has 23 rings (SSSR count). The Balaban J connectivity index is 0.000000146. The molecule has 0 amide bonds. The fourth-order valence-electron chi connectivity index (χ4n) is 17.4. The summed E-state index contributed by atoms with van der Waals surface area (Å²) in [5.41, 5.74) is 27.5. The number of hydrogen-bond acceptors (Lipinski definition) is 5. The molecular formula is C108H73N9. The van der Waals surface area contributed by atoms with Gasteiger partial charge in [0.2, 0.25) is 5.95 Å². The molecule has 0 spiro atoms. The van der Waals surface area contributed by atoms with E-state index >= 15 is 0 Å². The van der Waals surface area contributed by atoms with Gasteiger partial charge in [0.1, 0.15) is 0 Å². The summed E-state index contributed by atoms with van der Waals surface area (Å²) in [5.74, 6) is 2.50. The van der Waals surface area contributed by atoms with Gasteiger partial charge in [-0.1, -0.05) is 329 Å². The third-order valence-corrected chi connectivity index (χ3v) is 22.7. The maximum Gasteiger partial charge on any atom is 0.238 e. The van der Waals surface area contributed by atoms with E-state index in [0.29, 0.717) is 23.4 Å². The molecule has 0 unspecified atom stereocenters. The highest BCUT2D eigenvalue weighted by atomic mass is 15.2. The van der Waals surface area contributed by atoms with Gasteiger partial charge in [-0.2, -0.15) is 9.97 Å². The number of benzene rings is 17. The van der Waals surface area contributed by atoms with Crippen LogP contribution in [0.1, 0.15) is 7.43 Å². The largest absolute Gasteiger partial charge is 0.309 e. The van der Waals surface area contributed by atoms with Crippen molar-refractivity contribution in [3.05, 3.63) is 419 Å². The molecule has 0 radical (unpaired) electrons. The summed E-state index contributed by atoms with van der Waals surface area (Å²) in [5, 5.41) is 10.6. The summed E-state index contributed by atoms with van der Waals surface area (Å²) >= 11 is 0. The molecule has 0 aliphatic rings. The average Bonchev–Trinajstić information content (AvgIpc) is 1.55. The standard InChI is InChI=1S/C57H37N5.C50H32N4.CH4/c1-5-17-38(18-6-1)41-29-31-43(32-30-41)56-58-55(42-23-11-4-12-24-42)59-57(60-56)62-51-28-16-14-26-49(51)53-52(62)34-33-48-47-25-13-15-27-50(47)61(54(48)53)46-36-44(39-19-7-2-8-20-39)35-45(37-46)40-21-9-3-10-22-40;1-3-14-33(15-4-1)36-18-13-19-38(32-36)54-44-24-11-8-20-39(44)40-30-31-46-47(49(40)54)42-22-9-12-25-45(42)53(46)37-28-26-35(27-29-37)50-51-43-23-10-7-21-41(43)48(52-50)34-16-5-2-6-17-34;/h1-37H;1-32H;1H4. The Morgan fingerprint density at radius 2 is 0.521 bits per heavy atom. The number of hydrogen-bond donors (Lipinski definition) is 0. The molecule has 0 saturated heterocycles. The van der Waals surface area contributed by atoms with Crippen LogP contribution >= 0.6 is 0 Å². The predicted octanol–water partition coefficient (Wildman–Crippen LogP) is 27.9. The molecule has 17 aromatic carbocycles. The Kier molecular flexibility index (Phi) is 17.2. The lowest BCUT2D eigenvalue weighted by molar-refractivity contribution is 0.953. The number of nitrogens with zero attached hydrogens (tertiary/aromatic N) is 9. The van der Waals surface area contributed by atoms with Crippen LogP contribution < -0.4 is 0 Å². The van der Waals surface area contributed by atoms with Crippen molar-refractivity contribution in [1.29, 1.82) is 0 Å². The number of rotatable bonds is 12. The first-order valence-electron chi connectivity index (χ1n) is 39.3.